The third kappa shape index (κ3) is 5.39. The number of Topliss-reactive ketones (excluding diaryl/α,β-unsaturated/α-hetero) is 1. The highest BCUT2D eigenvalue weighted by molar-refractivity contribution is 6.13. The van der Waals surface area contributed by atoms with Gasteiger partial charge in [-0.25, -0.2) is 4.39 Å². The number of nitrogens with zero attached hydrogens (tertiary/aromatic N) is 1. The molecule has 0 unspecified atom stereocenters. The van der Waals surface area contributed by atoms with Crippen LogP contribution in [-0.2, 0) is 9.53 Å². The molecule has 7 nitrogen and oxygen atoms in total. The van der Waals surface area contributed by atoms with E-state index in [4.69, 9.17) is 9.15 Å². The Hall–Kier alpha value is -4.46. The number of halogens is 1. The van der Waals surface area contributed by atoms with E-state index >= 15 is 0 Å². The van der Waals surface area contributed by atoms with Gasteiger partial charge >= 0.3 is 5.97 Å². The van der Waals surface area contributed by atoms with Crippen LogP contribution in [0.2, 0.25) is 0 Å². The van der Waals surface area contributed by atoms with Crippen molar-refractivity contribution in [2.24, 2.45) is 23.2 Å². The fourth-order valence-electron chi connectivity index (χ4n) is 8.46. The standard InChI is InChI=1S/C40H45FN2O5/c1-8-32(44)35-29-21-28(31(43(9-2)10-3)22-33(29)48-36(35)23-14-16-27(41)17-15-23)24-12-11-13-25(18-24)37(45)42-40(6)30(38(46)47-7)19-26-20-34(40)39(26,4)5/h11-18,21-22,26,30,34H,8-10,19-20H2,1-7H3,(H,42,45)/t26-,30+,34+,40-/m0/s1. The quantitative estimate of drug-likeness (QED) is 0.136. The number of hydrogen-bond donors (Lipinski definition) is 1. The van der Waals surface area contributed by atoms with Gasteiger partial charge in [0.2, 0.25) is 0 Å². The van der Waals surface area contributed by atoms with Gasteiger partial charge in [-0.1, -0.05) is 32.9 Å². The SMILES string of the molecule is CCC(=O)c1c(-c2ccc(F)cc2)oc2cc(N(CC)CC)c(-c3cccc(C(=O)N[C@@]4(C)[C@@H](C(=O)OC)C[C@H]5C[C@@H]4C5(C)C)c3)cc12. The van der Waals surface area contributed by atoms with Crippen LogP contribution in [0, 0.1) is 29.0 Å². The summed E-state index contributed by atoms with van der Waals surface area (Å²) in [5.41, 5.74) is 3.95. The minimum atomic E-state index is -0.757. The Morgan fingerprint density at radius 2 is 1.67 bits per heavy atom. The lowest BCUT2D eigenvalue weighted by Gasteiger charge is -2.66. The number of rotatable bonds is 10. The summed E-state index contributed by atoms with van der Waals surface area (Å²) in [6.07, 6.45) is 1.92. The van der Waals surface area contributed by atoms with Crippen molar-refractivity contribution < 1.29 is 27.9 Å². The molecular formula is C40H45FN2O5. The van der Waals surface area contributed by atoms with E-state index in [-0.39, 0.29) is 41.2 Å². The predicted molar refractivity (Wildman–Crippen MR) is 187 cm³/mol. The van der Waals surface area contributed by atoms with E-state index in [1.165, 1.54) is 19.2 Å². The molecule has 4 aromatic rings. The number of ketones is 1. The van der Waals surface area contributed by atoms with E-state index in [1.807, 2.05) is 44.2 Å². The number of esters is 1. The van der Waals surface area contributed by atoms with Crippen molar-refractivity contribution in [1.29, 1.82) is 0 Å². The predicted octanol–water partition coefficient (Wildman–Crippen LogP) is 8.69. The fraction of sp³-hybridized carbons (Fsp3) is 0.425. The summed E-state index contributed by atoms with van der Waals surface area (Å²) in [5, 5.41) is 3.97. The van der Waals surface area contributed by atoms with Crippen LogP contribution in [-0.4, -0.2) is 43.4 Å². The molecule has 3 aromatic carbocycles. The molecule has 0 saturated heterocycles. The van der Waals surface area contributed by atoms with Gasteiger partial charge in [-0.2, -0.15) is 0 Å². The summed E-state index contributed by atoms with van der Waals surface area (Å²) in [6, 6.07) is 17.4. The smallest absolute Gasteiger partial charge is 0.311 e. The lowest BCUT2D eigenvalue weighted by Crippen LogP contribution is -2.71. The number of carbonyl (C=O) groups is 3. The second kappa shape index (κ2) is 12.5. The van der Waals surface area contributed by atoms with Crippen molar-refractivity contribution in [1.82, 2.24) is 5.32 Å². The van der Waals surface area contributed by atoms with Crippen molar-refractivity contribution in [3.05, 3.63) is 77.6 Å². The maximum absolute atomic E-state index is 14.1. The second-order valence-corrected chi connectivity index (χ2v) is 14.1. The number of carbonyl (C=O) groups excluding carboxylic acids is 3. The average molecular weight is 653 g/mol. The van der Waals surface area contributed by atoms with Gasteiger partial charge in [0, 0.05) is 53.3 Å². The Balaban J connectivity index is 1.45. The number of furan rings is 1. The number of methoxy groups -OCH3 is 1. The Kier molecular flexibility index (Phi) is 8.73. The van der Waals surface area contributed by atoms with Gasteiger partial charge in [0.1, 0.15) is 17.2 Å². The number of hydrogen-bond acceptors (Lipinski definition) is 6. The molecular weight excluding hydrogens is 607 g/mol. The van der Waals surface area contributed by atoms with Crippen LogP contribution in [0.15, 0.2) is 65.1 Å². The fourth-order valence-corrected chi connectivity index (χ4v) is 8.46. The summed E-state index contributed by atoms with van der Waals surface area (Å²) in [6.45, 7) is 13.9. The number of fused-ring (bicyclic) bond motifs is 3. The van der Waals surface area contributed by atoms with E-state index in [9.17, 15) is 18.8 Å². The van der Waals surface area contributed by atoms with E-state index < -0.39 is 11.5 Å². The number of ether oxygens (including phenoxy) is 1. The second-order valence-electron chi connectivity index (χ2n) is 14.1. The number of nitrogens with one attached hydrogen (secondary N) is 1. The molecule has 8 heteroatoms. The van der Waals surface area contributed by atoms with Gasteiger partial charge in [0.15, 0.2) is 5.78 Å². The minimum Gasteiger partial charge on any atom is -0.469 e. The van der Waals surface area contributed by atoms with E-state index in [2.05, 4.69) is 37.9 Å². The van der Waals surface area contributed by atoms with Crippen LogP contribution >= 0.6 is 0 Å². The van der Waals surface area contributed by atoms with Crippen LogP contribution < -0.4 is 10.2 Å². The Labute approximate surface area is 281 Å². The number of benzene rings is 3. The molecule has 0 radical (unpaired) electrons. The molecule has 7 rings (SSSR count). The molecule has 3 aliphatic rings. The first kappa shape index (κ1) is 33.4. The van der Waals surface area contributed by atoms with Crippen molar-refractivity contribution in [3.63, 3.8) is 0 Å². The van der Waals surface area contributed by atoms with Crippen molar-refractivity contribution in [3.8, 4) is 22.5 Å². The van der Waals surface area contributed by atoms with Gasteiger partial charge in [-0.15, -0.1) is 0 Å². The Morgan fingerprint density at radius 3 is 2.29 bits per heavy atom. The molecule has 1 heterocycles. The van der Waals surface area contributed by atoms with Gasteiger partial charge in [-0.05, 0) is 98.9 Å². The summed E-state index contributed by atoms with van der Waals surface area (Å²) < 4.78 is 25.4. The van der Waals surface area contributed by atoms with Crippen LogP contribution in [0.3, 0.4) is 0 Å². The zero-order valence-electron chi connectivity index (χ0n) is 28.9. The van der Waals surface area contributed by atoms with Crippen molar-refractivity contribution in [2.45, 2.75) is 66.3 Å². The molecule has 3 saturated carbocycles. The van der Waals surface area contributed by atoms with E-state index in [0.29, 0.717) is 45.8 Å². The lowest BCUT2D eigenvalue weighted by atomic mass is 9.41. The molecule has 1 aromatic heterocycles. The molecule has 0 aliphatic heterocycles. The van der Waals surface area contributed by atoms with Crippen LogP contribution in [0.5, 0.6) is 0 Å². The average Bonchev–Trinajstić information content (AvgIpc) is 3.46. The first-order valence-electron chi connectivity index (χ1n) is 17.0. The maximum atomic E-state index is 14.1. The zero-order chi connectivity index (χ0) is 34.5. The first-order valence-corrected chi connectivity index (χ1v) is 17.0. The molecule has 48 heavy (non-hydrogen) atoms. The molecule has 1 amide bonds. The van der Waals surface area contributed by atoms with Crippen molar-refractivity contribution in [2.75, 3.05) is 25.1 Å². The molecule has 4 atom stereocenters. The molecule has 3 aliphatic carbocycles. The van der Waals surface area contributed by atoms with Gasteiger partial charge < -0.3 is 19.4 Å². The Morgan fingerprint density at radius 1 is 0.958 bits per heavy atom. The summed E-state index contributed by atoms with van der Waals surface area (Å²) >= 11 is 0. The van der Waals surface area contributed by atoms with Crippen molar-refractivity contribution >= 4 is 34.3 Å². The number of anilines is 1. The highest BCUT2D eigenvalue weighted by Crippen LogP contribution is 2.64. The zero-order valence-corrected chi connectivity index (χ0v) is 28.9. The van der Waals surface area contributed by atoms with Gasteiger partial charge in [0.05, 0.1) is 24.1 Å². The molecule has 1 N–H and O–H groups in total. The van der Waals surface area contributed by atoms with Gasteiger partial charge in [0.25, 0.3) is 5.91 Å². The minimum absolute atomic E-state index is 0.00741. The molecule has 2 bridgehead atoms. The van der Waals surface area contributed by atoms with E-state index in [0.717, 1.165) is 36.3 Å². The topological polar surface area (TPSA) is 88.9 Å². The monoisotopic (exact) mass is 652 g/mol. The van der Waals surface area contributed by atoms with Gasteiger partial charge in [-0.3, -0.25) is 14.4 Å². The molecule has 252 valence electrons. The maximum Gasteiger partial charge on any atom is 0.311 e. The van der Waals surface area contributed by atoms with E-state index in [1.54, 1.807) is 18.2 Å². The normalized spacial score (nSPS) is 22.5. The van der Waals surface area contributed by atoms with Crippen LogP contribution in [0.4, 0.5) is 10.1 Å². The molecule has 3 fully saturated rings. The highest BCUT2D eigenvalue weighted by Gasteiger charge is 2.65. The third-order valence-electron chi connectivity index (χ3n) is 11.4. The first-order chi connectivity index (χ1) is 22.9. The Bertz CT molecular complexity index is 1890. The summed E-state index contributed by atoms with van der Waals surface area (Å²) in [5.74, 6) is -0.428. The lowest BCUT2D eigenvalue weighted by molar-refractivity contribution is -0.179. The van der Waals surface area contributed by atoms with Crippen LogP contribution in [0.25, 0.3) is 33.4 Å². The summed E-state index contributed by atoms with van der Waals surface area (Å²) in [7, 11) is 1.41. The highest BCUT2D eigenvalue weighted by atomic mass is 19.1. The molecule has 0 spiro atoms. The third-order valence-corrected chi connectivity index (χ3v) is 11.4. The number of amides is 1. The van der Waals surface area contributed by atoms with Crippen LogP contribution in [0.1, 0.15) is 81.5 Å². The summed E-state index contributed by atoms with van der Waals surface area (Å²) in [4.78, 5) is 42.7. The largest absolute Gasteiger partial charge is 0.469 e.